The predicted octanol–water partition coefficient (Wildman–Crippen LogP) is 2.72. The lowest BCUT2D eigenvalue weighted by atomic mass is 10.1. The minimum atomic E-state index is -5.31. The topological polar surface area (TPSA) is 49.6 Å². The summed E-state index contributed by atoms with van der Waals surface area (Å²) in [5, 5.41) is 8.20. The molecule has 0 unspecified atom stereocenters. The highest BCUT2D eigenvalue weighted by atomic mass is 19.4. The van der Waals surface area contributed by atoms with Crippen molar-refractivity contribution < 1.29 is 30.7 Å². The molecule has 0 aromatic carbocycles. The molecule has 0 radical (unpaired) electrons. The normalized spacial score (nSPS) is 12.3. The van der Waals surface area contributed by atoms with Crippen molar-refractivity contribution in [2.45, 2.75) is 18.8 Å². The van der Waals surface area contributed by atoms with Crippen LogP contribution >= 0.6 is 0 Å². The summed E-state index contributed by atoms with van der Waals surface area (Å²) in [6.45, 7) is 0. The van der Waals surface area contributed by atoms with Crippen LogP contribution < -0.4 is 0 Å². The predicted molar refractivity (Wildman–Crippen MR) is 41.3 cm³/mol. The van der Waals surface area contributed by atoms with Gasteiger partial charge in [0.05, 0.1) is 18.1 Å². The van der Waals surface area contributed by atoms with E-state index in [0.717, 1.165) is 0 Å². The molecule has 0 fully saturated rings. The Kier molecular flexibility index (Phi) is 3.45. The van der Waals surface area contributed by atoms with Gasteiger partial charge in [-0.05, 0) is 0 Å². The zero-order chi connectivity index (χ0) is 14.1. The van der Waals surface area contributed by atoms with Gasteiger partial charge in [-0.25, -0.2) is 4.98 Å². The summed E-state index contributed by atoms with van der Waals surface area (Å²) in [6, 6.07) is 1.19. The Morgan fingerprint density at radius 2 is 1.56 bits per heavy atom. The number of aromatic nitrogens is 2. The number of hydrogen-bond donors (Lipinski definition) is 0. The number of alkyl halides is 6. The van der Waals surface area contributed by atoms with Crippen LogP contribution in [-0.4, -0.2) is 9.97 Å². The zero-order valence-corrected chi connectivity index (χ0v) is 8.19. The molecule has 0 N–H and O–H groups in total. The summed E-state index contributed by atoms with van der Waals surface area (Å²) in [5.74, 6) is -4.25. The SMILES string of the molecule is N#CCc1c(F)nc(C(F)(F)F)nc1C(F)(F)F. The van der Waals surface area contributed by atoms with Gasteiger partial charge in [0.15, 0.2) is 5.69 Å². The Morgan fingerprint density at radius 3 is 1.94 bits per heavy atom. The van der Waals surface area contributed by atoms with E-state index in [1.807, 2.05) is 0 Å². The molecule has 0 aliphatic carbocycles. The first-order chi connectivity index (χ1) is 8.07. The van der Waals surface area contributed by atoms with Gasteiger partial charge in [-0.2, -0.15) is 41.0 Å². The summed E-state index contributed by atoms with van der Waals surface area (Å²) >= 11 is 0. The highest BCUT2D eigenvalue weighted by Crippen LogP contribution is 2.34. The van der Waals surface area contributed by atoms with Gasteiger partial charge in [0.1, 0.15) is 0 Å². The van der Waals surface area contributed by atoms with Gasteiger partial charge in [0.2, 0.25) is 11.8 Å². The zero-order valence-electron chi connectivity index (χ0n) is 8.19. The number of rotatable bonds is 1. The van der Waals surface area contributed by atoms with Crippen LogP contribution in [0.25, 0.3) is 0 Å². The van der Waals surface area contributed by atoms with Gasteiger partial charge < -0.3 is 0 Å². The summed E-state index contributed by atoms with van der Waals surface area (Å²) < 4.78 is 86.6. The van der Waals surface area contributed by atoms with E-state index in [4.69, 9.17) is 5.26 Å². The average Bonchev–Trinajstić information content (AvgIpc) is 2.17. The van der Waals surface area contributed by atoms with Gasteiger partial charge >= 0.3 is 12.4 Å². The van der Waals surface area contributed by atoms with E-state index in [9.17, 15) is 30.7 Å². The monoisotopic (exact) mass is 273 g/mol. The van der Waals surface area contributed by atoms with Crippen LogP contribution in [-0.2, 0) is 18.8 Å². The molecule has 0 atom stereocenters. The van der Waals surface area contributed by atoms with E-state index in [1.54, 1.807) is 0 Å². The molecular weight excluding hydrogens is 271 g/mol. The third kappa shape index (κ3) is 2.85. The highest BCUT2D eigenvalue weighted by molar-refractivity contribution is 5.25. The summed E-state index contributed by atoms with van der Waals surface area (Å²) in [5.41, 5.74) is -3.40. The van der Waals surface area contributed by atoms with E-state index in [0.29, 0.717) is 0 Å². The Hall–Kier alpha value is -1.92. The largest absolute Gasteiger partial charge is 0.451 e. The van der Waals surface area contributed by atoms with Crippen LogP contribution in [0.4, 0.5) is 30.7 Å². The van der Waals surface area contributed by atoms with Crippen molar-refractivity contribution in [2.75, 3.05) is 0 Å². The van der Waals surface area contributed by atoms with Crippen molar-refractivity contribution in [2.24, 2.45) is 0 Å². The van der Waals surface area contributed by atoms with Crippen molar-refractivity contribution >= 4 is 0 Å². The molecule has 98 valence electrons. The number of halogens is 7. The van der Waals surface area contributed by atoms with Gasteiger partial charge in [-0.3, -0.25) is 0 Å². The first-order valence-electron chi connectivity index (χ1n) is 4.15. The number of nitrogens with zero attached hydrogens (tertiary/aromatic N) is 3. The summed E-state index contributed by atoms with van der Waals surface area (Å²) in [4.78, 5) is 4.53. The average molecular weight is 273 g/mol. The molecule has 10 heteroatoms. The molecular formula is C8H2F7N3. The quantitative estimate of drug-likeness (QED) is 0.584. The second-order valence-corrected chi connectivity index (χ2v) is 3.00. The van der Waals surface area contributed by atoms with Crippen molar-refractivity contribution in [3.63, 3.8) is 0 Å². The summed E-state index contributed by atoms with van der Waals surface area (Å²) in [7, 11) is 0. The minimum absolute atomic E-state index is 1.08. The molecule has 1 aromatic rings. The standard InChI is InChI=1S/C8H2F7N3/c9-5-3(1-2-16)4(7(10,11)12)17-6(18-5)8(13,14)15/h1H2. The van der Waals surface area contributed by atoms with Crippen molar-refractivity contribution in [3.8, 4) is 6.07 Å². The van der Waals surface area contributed by atoms with Gasteiger partial charge in [0.25, 0.3) is 0 Å². The van der Waals surface area contributed by atoms with Crippen LogP contribution in [0.15, 0.2) is 0 Å². The second-order valence-electron chi connectivity index (χ2n) is 3.00. The molecule has 0 amide bonds. The minimum Gasteiger partial charge on any atom is -0.219 e. The van der Waals surface area contributed by atoms with Crippen LogP contribution in [0.2, 0.25) is 0 Å². The van der Waals surface area contributed by atoms with Crippen molar-refractivity contribution in [1.82, 2.24) is 9.97 Å². The molecule has 0 saturated carbocycles. The number of hydrogen-bond acceptors (Lipinski definition) is 3. The molecule has 18 heavy (non-hydrogen) atoms. The van der Waals surface area contributed by atoms with Gasteiger partial charge in [-0.1, -0.05) is 0 Å². The molecule has 0 aliphatic rings. The lowest BCUT2D eigenvalue weighted by molar-refractivity contribution is -0.153. The lowest BCUT2D eigenvalue weighted by Gasteiger charge is -2.13. The van der Waals surface area contributed by atoms with E-state index in [-0.39, 0.29) is 0 Å². The molecule has 0 bridgehead atoms. The van der Waals surface area contributed by atoms with Crippen LogP contribution in [0, 0.1) is 17.3 Å². The van der Waals surface area contributed by atoms with Gasteiger partial charge in [-0.15, -0.1) is 0 Å². The van der Waals surface area contributed by atoms with Crippen LogP contribution in [0.1, 0.15) is 17.1 Å². The maximum atomic E-state index is 13.1. The first kappa shape index (κ1) is 14.1. The van der Waals surface area contributed by atoms with E-state index >= 15 is 0 Å². The highest BCUT2D eigenvalue weighted by Gasteiger charge is 2.42. The lowest BCUT2D eigenvalue weighted by Crippen LogP contribution is -2.21. The van der Waals surface area contributed by atoms with E-state index in [2.05, 4.69) is 9.97 Å². The Morgan fingerprint density at radius 1 is 1.00 bits per heavy atom. The van der Waals surface area contributed by atoms with Crippen LogP contribution in [0.5, 0.6) is 0 Å². The molecule has 1 heterocycles. The maximum Gasteiger partial charge on any atom is 0.451 e. The molecule has 3 nitrogen and oxygen atoms in total. The maximum absolute atomic E-state index is 13.1. The van der Waals surface area contributed by atoms with E-state index in [1.165, 1.54) is 6.07 Å². The third-order valence-corrected chi connectivity index (χ3v) is 1.73. The molecule has 0 aliphatic heterocycles. The smallest absolute Gasteiger partial charge is 0.219 e. The molecule has 0 spiro atoms. The summed E-state index contributed by atoms with van der Waals surface area (Å²) in [6.07, 6.45) is -11.7. The fourth-order valence-corrected chi connectivity index (χ4v) is 1.05. The molecule has 1 aromatic heterocycles. The third-order valence-electron chi connectivity index (χ3n) is 1.73. The molecule has 0 saturated heterocycles. The van der Waals surface area contributed by atoms with Crippen molar-refractivity contribution in [3.05, 3.63) is 23.0 Å². The van der Waals surface area contributed by atoms with E-state index < -0.39 is 41.8 Å². The Labute approximate surface area is 94.9 Å². The second kappa shape index (κ2) is 4.40. The van der Waals surface area contributed by atoms with Gasteiger partial charge in [0, 0.05) is 0 Å². The Balaban J connectivity index is 3.54. The Bertz CT molecular complexity index is 497. The van der Waals surface area contributed by atoms with Crippen LogP contribution in [0.3, 0.4) is 0 Å². The van der Waals surface area contributed by atoms with Crippen molar-refractivity contribution in [1.29, 1.82) is 5.26 Å². The fourth-order valence-electron chi connectivity index (χ4n) is 1.05. The number of nitriles is 1. The fraction of sp³-hybridized carbons (Fsp3) is 0.375. The molecule has 1 rings (SSSR count). The first-order valence-corrected chi connectivity index (χ1v) is 4.15.